The van der Waals surface area contributed by atoms with Gasteiger partial charge in [0.2, 0.25) is 0 Å². The molecule has 0 bridgehead atoms. The summed E-state index contributed by atoms with van der Waals surface area (Å²) in [5, 5.41) is 8.87. The summed E-state index contributed by atoms with van der Waals surface area (Å²) < 4.78 is 28.0. The van der Waals surface area contributed by atoms with Gasteiger partial charge in [0.15, 0.2) is 0 Å². The van der Waals surface area contributed by atoms with Crippen LogP contribution in [0, 0.1) is 0 Å². The van der Waals surface area contributed by atoms with Gasteiger partial charge in [0.05, 0.1) is 17.8 Å². The maximum atomic E-state index is 12.0. The number of rotatable bonds is 5. The first kappa shape index (κ1) is 14.9. The summed E-state index contributed by atoms with van der Waals surface area (Å²) in [6, 6.07) is 2.73. The number of pyridine rings is 1. The number of aromatic carboxylic acids is 1. The van der Waals surface area contributed by atoms with Crippen molar-refractivity contribution in [3.63, 3.8) is 0 Å². The maximum absolute atomic E-state index is 12.0. The van der Waals surface area contributed by atoms with E-state index in [-0.39, 0.29) is 12.1 Å². The molecule has 1 saturated heterocycles. The van der Waals surface area contributed by atoms with Crippen LogP contribution in [0.4, 0.5) is 0 Å². The number of carboxylic acid groups (broad SMARTS) is 1. The highest BCUT2D eigenvalue weighted by Crippen LogP contribution is 2.12. The Morgan fingerprint density at radius 3 is 2.70 bits per heavy atom. The molecule has 1 fully saturated rings. The van der Waals surface area contributed by atoms with Gasteiger partial charge in [-0.3, -0.25) is 4.98 Å². The van der Waals surface area contributed by atoms with E-state index in [0.717, 1.165) is 19.3 Å². The fourth-order valence-electron chi connectivity index (χ4n) is 2.07. The van der Waals surface area contributed by atoms with Crippen LogP contribution in [0.15, 0.2) is 18.3 Å². The molecule has 2 N–H and O–H groups in total. The van der Waals surface area contributed by atoms with E-state index in [2.05, 4.69) is 9.71 Å². The van der Waals surface area contributed by atoms with Gasteiger partial charge in [0, 0.05) is 19.3 Å². The van der Waals surface area contributed by atoms with Crippen molar-refractivity contribution < 1.29 is 18.3 Å². The van der Waals surface area contributed by atoms with E-state index in [1.807, 2.05) is 0 Å². The van der Waals surface area contributed by atoms with E-state index in [1.54, 1.807) is 0 Å². The first-order chi connectivity index (χ1) is 9.49. The molecule has 1 aromatic rings. The summed E-state index contributed by atoms with van der Waals surface area (Å²) in [5.41, 5.74) is 0.470. The van der Waals surface area contributed by atoms with Crippen molar-refractivity contribution in [3.05, 3.63) is 29.6 Å². The summed E-state index contributed by atoms with van der Waals surface area (Å²) >= 11 is 0. The molecular formula is C12H17N3O4S. The molecule has 0 spiro atoms. The van der Waals surface area contributed by atoms with Crippen LogP contribution in [0.3, 0.4) is 0 Å². The van der Waals surface area contributed by atoms with E-state index in [0.29, 0.717) is 18.8 Å². The summed E-state index contributed by atoms with van der Waals surface area (Å²) in [6.45, 7) is 1.04. The van der Waals surface area contributed by atoms with E-state index in [4.69, 9.17) is 5.11 Å². The maximum Gasteiger partial charge on any atom is 0.335 e. The molecule has 0 aliphatic carbocycles. The van der Waals surface area contributed by atoms with Gasteiger partial charge in [0.1, 0.15) is 0 Å². The minimum atomic E-state index is -3.52. The molecule has 1 aromatic heterocycles. The summed E-state index contributed by atoms with van der Waals surface area (Å²) in [7, 11) is -3.52. The normalized spacial score (nSPS) is 17.0. The van der Waals surface area contributed by atoms with Gasteiger partial charge < -0.3 is 5.11 Å². The third-order valence-corrected chi connectivity index (χ3v) is 4.71. The number of carbonyl (C=O) groups is 1. The van der Waals surface area contributed by atoms with E-state index in [9.17, 15) is 13.2 Å². The molecule has 1 aliphatic heterocycles. The van der Waals surface area contributed by atoms with Crippen molar-refractivity contribution in [1.82, 2.24) is 14.0 Å². The highest BCUT2D eigenvalue weighted by atomic mass is 32.2. The first-order valence-electron chi connectivity index (χ1n) is 6.42. The highest BCUT2D eigenvalue weighted by molar-refractivity contribution is 7.87. The van der Waals surface area contributed by atoms with Crippen LogP contribution >= 0.6 is 0 Å². The molecule has 0 radical (unpaired) electrons. The van der Waals surface area contributed by atoms with Crippen LogP contribution in [0.2, 0.25) is 0 Å². The molecule has 2 heterocycles. The van der Waals surface area contributed by atoms with E-state index >= 15 is 0 Å². The Morgan fingerprint density at radius 1 is 1.35 bits per heavy atom. The second-order valence-electron chi connectivity index (χ2n) is 4.63. The molecule has 8 heteroatoms. The minimum absolute atomic E-state index is 0.0139. The Hall–Kier alpha value is -1.51. The largest absolute Gasteiger partial charge is 0.478 e. The van der Waals surface area contributed by atoms with Crippen LogP contribution in [0.5, 0.6) is 0 Å². The minimum Gasteiger partial charge on any atom is -0.478 e. The van der Waals surface area contributed by atoms with Gasteiger partial charge in [-0.1, -0.05) is 6.42 Å². The monoisotopic (exact) mass is 299 g/mol. The first-order valence-corrected chi connectivity index (χ1v) is 7.86. The molecule has 7 nitrogen and oxygen atoms in total. The lowest BCUT2D eigenvalue weighted by Crippen LogP contribution is -2.43. The number of piperidine rings is 1. The van der Waals surface area contributed by atoms with Crippen molar-refractivity contribution >= 4 is 16.2 Å². The van der Waals surface area contributed by atoms with Crippen molar-refractivity contribution in [2.75, 3.05) is 13.1 Å². The molecule has 110 valence electrons. The SMILES string of the molecule is O=C(O)c1ccnc(CNS(=O)(=O)N2CCCCC2)c1. The Bertz CT molecular complexity index is 582. The zero-order valence-electron chi connectivity index (χ0n) is 10.9. The lowest BCUT2D eigenvalue weighted by molar-refractivity contribution is 0.0696. The second-order valence-corrected chi connectivity index (χ2v) is 6.38. The molecule has 20 heavy (non-hydrogen) atoms. The average molecular weight is 299 g/mol. The van der Waals surface area contributed by atoms with Crippen LogP contribution in [-0.2, 0) is 16.8 Å². The Labute approximate surface area is 117 Å². The molecule has 2 rings (SSSR count). The van der Waals surface area contributed by atoms with Gasteiger partial charge in [0.25, 0.3) is 10.2 Å². The van der Waals surface area contributed by atoms with Gasteiger partial charge >= 0.3 is 5.97 Å². The molecule has 0 atom stereocenters. The molecule has 0 aromatic carbocycles. The topological polar surface area (TPSA) is 99.6 Å². The van der Waals surface area contributed by atoms with Gasteiger partial charge in [-0.25, -0.2) is 4.79 Å². The van der Waals surface area contributed by atoms with Crippen LogP contribution < -0.4 is 4.72 Å². The predicted molar refractivity (Wildman–Crippen MR) is 72.4 cm³/mol. The van der Waals surface area contributed by atoms with Gasteiger partial charge in [-0.15, -0.1) is 0 Å². The standard InChI is InChI=1S/C12H17N3O4S/c16-12(17)10-4-5-13-11(8-10)9-14-20(18,19)15-6-2-1-3-7-15/h4-5,8,14H,1-3,6-7,9H2,(H,16,17). The summed E-state index contributed by atoms with van der Waals surface area (Å²) in [5.74, 6) is -1.06. The average Bonchev–Trinajstić information content (AvgIpc) is 2.46. The van der Waals surface area contributed by atoms with Crippen LogP contribution in [-0.4, -0.2) is 41.9 Å². The van der Waals surface area contributed by atoms with Crippen LogP contribution in [0.25, 0.3) is 0 Å². The van der Waals surface area contributed by atoms with E-state index < -0.39 is 16.2 Å². The number of hydrogen-bond donors (Lipinski definition) is 2. The zero-order valence-corrected chi connectivity index (χ0v) is 11.8. The second kappa shape index (κ2) is 6.29. The van der Waals surface area contributed by atoms with E-state index in [1.165, 1.54) is 22.6 Å². The van der Waals surface area contributed by atoms with Crippen molar-refractivity contribution in [1.29, 1.82) is 0 Å². The number of hydrogen-bond acceptors (Lipinski definition) is 4. The molecular weight excluding hydrogens is 282 g/mol. The van der Waals surface area contributed by atoms with Crippen LogP contribution in [0.1, 0.15) is 35.3 Å². The van der Waals surface area contributed by atoms with Crippen molar-refractivity contribution in [2.24, 2.45) is 0 Å². The Morgan fingerprint density at radius 2 is 2.05 bits per heavy atom. The number of nitrogens with zero attached hydrogens (tertiary/aromatic N) is 2. The van der Waals surface area contributed by atoms with Crippen molar-refractivity contribution in [2.45, 2.75) is 25.8 Å². The Balaban J connectivity index is 2.00. The highest BCUT2D eigenvalue weighted by Gasteiger charge is 2.23. The molecule has 0 amide bonds. The third-order valence-electron chi connectivity index (χ3n) is 3.15. The van der Waals surface area contributed by atoms with Gasteiger partial charge in [-0.2, -0.15) is 17.4 Å². The fraction of sp³-hybridized carbons (Fsp3) is 0.500. The van der Waals surface area contributed by atoms with Crippen molar-refractivity contribution in [3.8, 4) is 0 Å². The lowest BCUT2D eigenvalue weighted by Gasteiger charge is -2.25. The lowest BCUT2D eigenvalue weighted by atomic mass is 10.2. The summed E-state index contributed by atoms with van der Waals surface area (Å²) in [4.78, 5) is 14.8. The van der Waals surface area contributed by atoms with Gasteiger partial charge in [-0.05, 0) is 25.0 Å². The molecule has 1 aliphatic rings. The Kier molecular flexibility index (Phi) is 4.69. The zero-order chi connectivity index (χ0) is 14.6. The summed E-state index contributed by atoms with van der Waals surface area (Å²) in [6.07, 6.45) is 4.14. The third kappa shape index (κ3) is 3.75. The molecule has 0 saturated carbocycles. The number of aromatic nitrogens is 1. The quantitative estimate of drug-likeness (QED) is 0.829. The smallest absolute Gasteiger partial charge is 0.335 e. The predicted octanol–water partition coefficient (Wildman–Crippen LogP) is 0.600. The number of nitrogens with one attached hydrogen (secondary N) is 1. The fourth-order valence-corrected chi connectivity index (χ4v) is 3.32. The molecule has 0 unspecified atom stereocenters. The number of carboxylic acids is 1.